The van der Waals surface area contributed by atoms with Crippen molar-refractivity contribution in [2.24, 2.45) is 0 Å². The summed E-state index contributed by atoms with van der Waals surface area (Å²) in [5, 5.41) is 7.86. The van der Waals surface area contributed by atoms with E-state index < -0.39 is 11.6 Å². The Labute approximate surface area is 171 Å². The molecule has 0 aliphatic carbocycles. The molecule has 0 saturated carbocycles. The van der Waals surface area contributed by atoms with Crippen molar-refractivity contribution in [1.29, 1.82) is 0 Å². The van der Waals surface area contributed by atoms with Gasteiger partial charge in [0.15, 0.2) is 5.65 Å². The van der Waals surface area contributed by atoms with Crippen molar-refractivity contribution in [2.45, 2.75) is 6.92 Å². The van der Waals surface area contributed by atoms with Crippen molar-refractivity contribution in [3.63, 3.8) is 0 Å². The summed E-state index contributed by atoms with van der Waals surface area (Å²) in [6.07, 6.45) is 0. The molecule has 2 aromatic heterocycles. The quantitative estimate of drug-likeness (QED) is 0.471. The number of aromatic nitrogens is 4. The molecule has 0 aliphatic rings. The first-order valence-electron chi connectivity index (χ1n) is 9.29. The SMILES string of the molecule is COCCNc1nc(-c2cc(F)ccc2F)c2c(N)n(-c3cccc(C)c3)nc2n1. The maximum atomic E-state index is 14.6. The van der Waals surface area contributed by atoms with Crippen molar-refractivity contribution in [3.05, 3.63) is 59.7 Å². The molecule has 0 aliphatic heterocycles. The van der Waals surface area contributed by atoms with E-state index >= 15 is 0 Å². The number of halogens is 2. The van der Waals surface area contributed by atoms with Crippen molar-refractivity contribution >= 4 is 22.8 Å². The zero-order valence-electron chi connectivity index (χ0n) is 16.5. The van der Waals surface area contributed by atoms with Gasteiger partial charge >= 0.3 is 0 Å². The molecule has 4 rings (SSSR count). The number of methoxy groups -OCH3 is 1. The van der Waals surface area contributed by atoms with E-state index in [1.54, 1.807) is 7.11 Å². The van der Waals surface area contributed by atoms with Crippen LogP contribution < -0.4 is 11.1 Å². The number of hydrogen-bond donors (Lipinski definition) is 2. The smallest absolute Gasteiger partial charge is 0.225 e. The molecule has 0 amide bonds. The van der Waals surface area contributed by atoms with Gasteiger partial charge in [0.25, 0.3) is 0 Å². The molecule has 0 radical (unpaired) electrons. The van der Waals surface area contributed by atoms with Gasteiger partial charge in [-0.15, -0.1) is 5.10 Å². The first-order valence-corrected chi connectivity index (χ1v) is 9.29. The molecule has 0 bridgehead atoms. The molecule has 9 heteroatoms. The van der Waals surface area contributed by atoms with Gasteiger partial charge in [-0.3, -0.25) is 0 Å². The minimum absolute atomic E-state index is 0.0207. The highest BCUT2D eigenvalue weighted by Crippen LogP contribution is 2.34. The lowest BCUT2D eigenvalue weighted by Gasteiger charge is -2.09. The number of aryl methyl sites for hydroxylation is 1. The van der Waals surface area contributed by atoms with E-state index in [0.717, 1.165) is 29.4 Å². The van der Waals surface area contributed by atoms with Gasteiger partial charge in [0.2, 0.25) is 5.95 Å². The Morgan fingerprint density at radius 2 is 1.97 bits per heavy atom. The molecular weight excluding hydrogens is 390 g/mol. The highest BCUT2D eigenvalue weighted by atomic mass is 19.1. The summed E-state index contributed by atoms with van der Waals surface area (Å²) < 4.78 is 35.0. The maximum absolute atomic E-state index is 14.6. The lowest BCUT2D eigenvalue weighted by atomic mass is 10.1. The first kappa shape index (κ1) is 19.7. The van der Waals surface area contributed by atoms with Gasteiger partial charge in [-0.25, -0.2) is 18.4 Å². The van der Waals surface area contributed by atoms with Crippen molar-refractivity contribution in [3.8, 4) is 16.9 Å². The molecule has 2 aromatic carbocycles. The van der Waals surface area contributed by atoms with Gasteiger partial charge in [-0.1, -0.05) is 12.1 Å². The van der Waals surface area contributed by atoms with Crippen molar-refractivity contribution in [2.75, 3.05) is 31.3 Å². The third-order valence-electron chi connectivity index (χ3n) is 4.59. The first-order chi connectivity index (χ1) is 14.5. The van der Waals surface area contributed by atoms with Crippen LogP contribution in [0.15, 0.2) is 42.5 Å². The lowest BCUT2D eigenvalue weighted by molar-refractivity contribution is 0.210. The Kier molecular flexibility index (Phi) is 5.28. The number of rotatable bonds is 6. The molecule has 0 fully saturated rings. The number of fused-ring (bicyclic) bond motifs is 1. The topological polar surface area (TPSA) is 90.9 Å². The van der Waals surface area contributed by atoms with E-state index in [2.05, 4.69) is 20.4 Å². The van der Waals surface area contributed by atoms with Gasteiger partial charge in [0.05, 0.1) is 23.4 Å². The molecule has 3 N–H and O–H groups in total. The molecule has 0 spiro atoms. The number of ether oxygens (including phenoxy) is 1. The van der Waals surface area contributed by atoms with Gasteiger partial charge in [0, 0.05) is 19.2 Å². The minimum Gasteiger partial charge on any atom is -0.383 e. The summed E-state index contributed by atoms with van der Waals surface area (Å²) in [5.41, 5.74) is 8.54. The monoisotopic (exact) mass is 410 g/mol. The standard InChI is InChI=1S/C21H20F2N6O/c1-12-4-3-5-14(10-12)29-19(24)17-18(15-11-13(22)6-7-16(15)23)26-21(25-8-9-30-2)27-20(17)28-29/h3-7,10-11H,8-9,24H2,1-2H3,(H,25,27,28). The van der Waals surface area contributed by atoms with Crippen LogP contribution >= 0.6 is 0 Å². The predicted molar refractivity (Wildman–Crippen MR) is 112 cm³/mol. The molecule has 2 heterocycles. The van der Waals surface area contributed by atoms with Crippen molar-refractivity contribution < 1.29 is 13.5 Å². The van der Waals surface area contributed by atoms with Gasteiger partial charge in [-0.05, 0) is 42.8 Å². The average molecular weight is 410 g/mol. The predicted octanol–water partition coefficient (Wildman–Crippen LogP) is 3.71. The second-order valence-corrected chi connectivity index (χ2v) is 6.77. The fourth-order valence-corrected chi connectivity index (χ4v) is 3.19. The number of nitrogen functional groups attached to an aromatic ring is 1. The minimum atomic E-state index is -0.623. The highest BCUT2D eigenvalue weighted by Gasteiger charge is 2.21. The van der Waals surface area contributed by atoms with E-state index in [1.165, 1.54) is 4.68 Å². The Morgan fingerprint density at radius 3 is 2.73 bits per heavy atom. The zero-order valence-corrected chi connectivity index (χ0v) is 16.5. The normalized spacial score (nSPS) is 11.2. The third kappa shape index (κ3) is 3.67. The van der Waals surface area contributed by atoms with E-state index in [4.69, 9.17) is 10.5 Å². The largest absolute Gasteiger partial charge is 0.383 e. The molecule has 154 valence electrons. The highest BCUT2D eigenvalue weighted by molar-refractivity contribution is 5.99. The number of hydrogen-bond acceptors (Lipinski definition) is 6. The second-order valence-electron chi connectivity index (χ2n) is 6.77. The van der Waals surface area contributed by atoms with Crippen LogP contribution in [0.4, 0.5) is 20.5 Å². The maximum Gasteiger partial charge on any atom is 0.225 e. The van der Waals surface area contributed by atoms with E-state index in [0.29, 0.717) is 18.5 Å². The van der Waals surface area contributed by atoms with Gasteiger partial charge in [-0.2, -0.15) is 4.98 Å². The van der Waals surface area contributed by atoms with Crippen LogP contribution in [0.5, 0.6) is 0 Å². The third-order valence-corrected chi connectivity index (χ3v) is 4.59. The van der Waals surface area contributed by atoms with E-state index in [1.807, 2.05) is 31.2 Å². The van der Waals surface area contributed by atoms with Crippen LogP contribution in [0.2, 0.25) is 0 Å². The average Bonchev–Trinajstić information content (AvgIpc) is 3.06. The molecule has 0 unspecified atom stereocenters. The number of nitrogens with two attached hydrogens (primary N) is 1. The number of benzene rings is 2. The summed E-state index contributed by atoms with van der Waals surface area (Å²) >= 11 is 0. The Balaban J connectivity index is 1.96. The van der Waals surface area contributed by atoms with Crippen LogP contribution in [0.25, 0.3) is 28.0 Å². The summed E-state index contributed by atoms with van der Waals surface area (Å²) in [7, 11) is 1.57. The second kappa shape index (κ2) is 8.03. The van der Waals surface area contributed by atoms with Crippen LogP contribution in [-0.4, -0.2) is 40.0 Å². The summed E-state index contributed by atoms with van der Waals surface area (Å²) in [5.74, 6) is -0.761. The van der Waals surface area contributed by atoms with E-state index in [9.17, 15) is 8.78 Å². The molecule has 0 saturated heterocycles. The molecular formula is C21H20F2N6O. The van der Waals surface area contributed by atoms with Gasteiger partial charge < -0.3 is 15.8 Å². The van der Waals surface area contributed by atoms with E-state index in [-0.39, 0.29) is 28.7 Å². The molecule has 7 nitrogen and oxygen atoms in total. The summed E-state index contributed by atoms with van der Waals surface area (Å²) in [6.45, 7) is 2.81. The molecule has 0 atom stereocenters. The Morgan fingerprint density at radius 1 is 1.13 bits per heavy atom. The number of anilines is 2. The van der Waals surface area contributed by atoms with Crippen LogP contribution in [0.1, 0.15) is 5.56 Å². The fraction of sp³-hybridized carbons (Fsp3) is 0.190. The number of nitrogens with zero attached hydrogens (tertiary/aromatic N) is 4. The molecule has 4 aromatic rings. The van der Waals surface area contributed by atoms with Crippen LogP contribution in [0.3, 0.4) is 0 Å². The van der Waals surface area contributed by atoms with Crippen LogP contribution in [0, 0.1) is 18.6 Å². The zero-order chi connectivity index (χ0) is 21.3. The summed E-state index contributed by atoms with van der Waals surface area (Å²) in [6, 6.07) is 10.8. The van der Waals surface area contributed by atoms with Gasteiger partial charge in [0.1, 0.15) is 17.5 Å². The Hall–Kier alpha value is -3.59. The van der Waals surface area contributed by atoms with Crippen LogP contribution in [-0.2, 0) is 4.74 Å². The fourth-order valence-electron chi connectivity index (χ4n) is 3.19. The Bertz CT molecular complexity index is 1220. The summed E-state index contributed by atoms with van der Waals surface area (Å²) in [4.78, 5) is 8.82. The lowest BCUT2D eigenvalue weighted by Crippen LogP contribution is -2.11. The molecule has 30 heavy (non-hydrogen) atoms. The van der Waals surface area contributed by atoms with Crippen molar-refractivity contribution in [1.82, 2.24) is 19.7 Å². The number of nitrogens with one attached hydrogen (secondary N) is 1.